The number of carbonyl (C=O) groups is 3. The number of hydrogen-bond acceptors (Lipinski definition) is 4. The minimum absolute atomic E-state index is 0.0584. The fourth-order valence-electron chi connectivity index (χ4n) is 2.27. The Morgan fingerprint density at radius 2 is 1.74 bits per heavy atom. The lowest BCUT2D eigenvalue weighted by atomic mass is 10.0. The van der Waals surface area contributed by atoms with Crippen molar-refractivity contribution in [2.45, 2.75) is 47.1 Å². The number of rotatable bonds is 6. The quantitative estimate of drug-likeness (QED) is 0.863. The van der Waals surface area contributed by atoms with E-state index < -0.39 is 12.0 Å². The minimum atomic E-state index is -1.08. The average Bonchev–Trinajstić information content (AvgIpc) is 2.51. The number of aliphatic carboxylic acids is 1. The van der Waals surface area contributed by atoms with Gasteiger partial charge in [0.05, 0.1) is 11.4 Å². The van der Waals surface area contributed by atoms with Crippen molar-refractivity contribution < 1.29 is 19.5 Å². The lowest BCUT2D eigenvalue weighted by Crippen LogP contribution is -2.45. The molecule has 0 bridgehead atoms. The van der Waals surface area contributed by atoms with Crippen molar-refractivity contribution in [3.8, 4) is 0 Å². The van der Waals surface area contributed by atoms with Crippen molar-refractivity contribution in [3.63, 3.8) is 0 Å². The van der Waals surface area contributed by atoms with E-state index in [0.717, 1.165) is 28.5 Å². The standard InChI is InChI=1S/C17H23NO4S/c1-6-15(20)23-9-14(19)18(13(5)17(21)22)16-11(3)8-7-10(2)12(16)4/h7-8,13H,6,9H2,1-5H3,(H,21,22)/t13-/m0/s1. The van der Waals surface area contributed by atoms with Crippen LogP contribution in [0.1, 0.15) is 37.0 Å². The maximum atomic E-state index is 12.6. The molecule has 0 saturated heterocycles. The van der Waals surface area contributed by atoms with Gasteiger partial charge in [-0.25, -0.2) is 4.79 Å². The van der Waals surface area contributed by atoms with Crippen LogP contribution < -0.4 is 4.90 Å². The number of hydrogen-bond donors (Lipinski definition) is 1. The van der Waals surface area contributed by atoms with Crippen LogP contribution in [0.25, 0.3) is 0 Å². The predicted octanol–water partition coefficient (Wildman–Crippen LogP) is 3.09. The molecule has 0 radical (unpaired) electrons. The summed E-state index contributed by atoms with van der Waals surface area (Å²) in [7, 11) is 0. The van der Waals surface area contributed by atoms with E-state index in [4.69, 9.17) is 0 Å². The zero-order chi connectivity index (χ0) is 17.7. The summed E-state index contributed by atoms with van der Waals surface area (Å²) in [6, 6.07) is 2.81. The molecule has 0 aromatic heterocycles. The molecule has 0 aliphatic carbocycles. The molecule has 1 amide bonds. The monoisotopic (exact) mass is 337 g/mol. The Bertz CT molecular complexity index is 627. The SMILES string of the molecule is CCC(=O)SCC(=O)N(c1c(C)ccc(C)c1C)[C@@H](C)C(=O)O. The Morgan fingerprint density at radius 3 is 2.26 bits per heavy atom. The number of anilines is 1. The first-order valence-electron chi connectivity index (χ1n) is 7.48. The summed E-state index contributed by atoms with van der Waals surface area (Å²) in [5.74, 6) is -1.51. The first kappa shape index (κ1) is 19.2. The van der Waals surface area contributed by atoms with E-state index in [0.29, 0.717) is 12.1 Å². The Balaban J connectivity index is 3.27. The Kier molecular flexibility index (Phi) is 6.81. The molecule has 0 spiro atoms. The molecular weight excluding hydrogens is 314 g/mol. The van der Waals surface area contributed by atoms with Crippen LogP contribution in [-0.2, 0) is 14.4 Å². The minimum Gasteiger partial charge on any atom is -0.480 e. The highest BCUT2D eigenvalue weighted by Crippen LogP contribution is 2.30. The zero-order valence-corrected chi connectivity index (χ0v) is 15.0. The molecule has 0 heterocycles. The van der Waals surface area contributed by atoms with Crippen LogP contribution >= 0.6 is 11.8 Å². The number of carboxylic acids is 1. The molecular formula is C17H23NO4S. The first-order chi connectivity index (χ1) is 10.7. The molecule has 1 atom stereocenters. The number of carbonyl (C=O) groups excluding carboxylic acids is 2. The van der Waals surface area contributed by atoms with Gasteiger partial charge in [-0.3, -0.25) is 14.5 Å². The van der Waals surface area contributed by atoms with Crippen LogP contribution in [0.3, 0.4) is 0 Å². The molecule has 0 unspecified atom stereocenters. The van der Waals surface area contributed by atoms with E-state index >= 15 is 0 Å². The zero-order valence-electron chi connectivity index (χ0n) is 14.2. The van der Waals surface area contributed by atoms with E-state index in [9.17, 15) is 19.5 Å². The summed E-state index contributed by atoms with van der Waals surface area (Å²) >= 11 is 0.930. The molecule has 0 fully saturated rings. The molecule has 23 heavy (non-hydrogen) atoms. The fourth-order valence-corrected chi connectivity index (χ4v) is 2.89. The number of benzene rings is 1. The van der Waals surface area contributed by atoms with Gasteiger partial charge >= 0.3 is 5.97 Å². The summed E-state index contributed by atoms with van der Waals surface area (Å²) in [6.07, 6.45) is 0.342. The number of carboxylic acid groups (broad SMARTS) is 1. The highest BCUT2D eigenvalue weighted by molar-refractivity contribution is 8.14. The Labute approximate surface area is 141 Å². The molecule has 0 saturated carbocycles. The third-order valence-electron chi connectivity index (χ3n) is 3.80. The number of aryl methyl sites for hydroxylation is 2. The smallest absolute Gasteiger partial charge is 0.326 e. The van der Waals surface area contributed by atoms with Crippen molar-refractivity contribution >= 4 is 34.4 Å². The third kappa shape index (κ3) is 4.58. The van der Waals surface area contributed by atoms with Gasteiger partial charge in [-0.15, -0.1) is 0 Å². The van der Waals surface area contributed by atoms with Crippen LogP contribution in [0.2, 0.25) is 0 Å². The molecule has 0 aliphatic rings. The maximum absolute atomic E-state index is 12.6. The molecule has 1 rings (SSSR count). The predicted molar refractivity (Wildman–Crippen MR) is 93.0 cm³/mol. The van der Waals surface area contributed by atoms with Gasteiger partial charge in [0, 0.05) is 6.42 Å². The van der Waals surface area contributed by atoms with E-state index in [1.807, 2.05) is 32.9 Å². The maximum Gasteiger partial charge on any atom is 0.326 e. The lowest BCUT2D eigenvalue weighted by molar-refractivity contribution is -0.139. The molecule has 5 nitrogen and oxygen atoms in total. The van der Waals surface area contributed by atoms with Crippen LogP contribution in [0.15, 0.2) is 12.1 Å². The highest BCUT2D eigenvalue weighted by Gasteiger charge is 2.29. The number of amides is 1. The Hall–Kier alpha value is -1.82. The van der Waals surface area contributed by atoms with Crippen molar-refractivity contribution in [1.29, 1.82) is 0 Å². The van der Waals surface area contributed by atoms with Gasteiger partial charge in [0.15, 0.2) is 5.12 Å². The second-order valence-electron chi connectivity index (χ2n) is 5.47. The molecule has 6 heteroatoms. The summed E-state index contributed by atoms with van der Waals surface area (Å²) < 4.78 is 0. The van der Waals surface area contributed by atoms with Gasteiger partial charge in [0.25, 0.3) is 0 Å². The summed E-state index contributed by atoms with van der Waals surface area (Å²) in [5.41, 5.74) is 3.31. The molecule has 1 aromatic carbocycles. The van der Waals surface area contributed by atoms with Gasteiger partial charge in [0.2, 0.25) is 5.91 Å². The van der Waals surface area contributed by atoms with Crippen molar-refractivity contribution in [2.75, 3.05) is 10.7 Å². The van der Waals surface area contributed by atoms with E-state index in [2.05, 4.69) is 0 Å². The van der Waals surface area contributed by atoms with Crippen molar-refractivity contribution in [3.05, 3.63) is 28.8 Å². The lowest BCUT2D eigenvalue weighted by Gasteiger charge is -2.30. The van der Waals surface area contributed by atoms with E-state index in [1.165, 1.54) is 11.8 Å². The fraction of sp³-hybridized carbons (Fsp3) is 0.471. The van der Waals surface area contributed by atoms with Gasteiger partial charge < -0.3 is 5.11 Å². The second kappa shape index (κ2) is 8.15. The normalized spacial score (nSPS) is 11.9. The van der Waals surface area contributed by atoms with Gasteiger partial charge in [-0.1, -0.05) is 30.8 Å². The molecule has 0 aliphatic heterocycles. The second-order valence-corrected chi connectivity index (χ2v) is 6.50. The largest absolute Gasteiger partial charge is 0.480 e. The average molecular weight is 337 g/mol. The van der Waals surface area contributed by atoms with Crippen LogP contribution in [0.4, 0.5) is 5.69 Å². The highest BCUT2D eigenvalue weighted by atomic mass is 32.2. The van der Waals surface area contributed by atoms with Crippen LogP contribution in [0.5, 0.6) is 0 Å². The summed E-state index contributed by atoms with van der Waals surface area (Å²) in [4.78, 5) is 36.8. The van der Waals surface area contributed by atoms with Crippen LogP contribution in [-0.4, -0.2) is 33.9 Å². The Morgan fingerprint density at radius 1 is 1.17 bits per heavy atom. The number of nitrogens with zero attached hydrogens (tertiary/aromatic N) is 1. The number of thioether (sulfide) groups is 1. The summed E-state index contributed by atoms with van der Waals surface area (Å²) in [5, 5.41) is 9.29. The van der Waals surface area contributed by atoms with Gasteiger partial charge in [0.1, 0.15) is 6.04 Å². The first-order valence-corrected chi connectivity index (χ1v) is 8.46. The molecule has 126 valence electrons. The van der Waals surface area contributed by atoms with Gasteiger partial charge in [-0.2, -0.15) is 0 Å². The van der Waals surface area contributed by atoms with E-state index in [-0.39, 0.29) is 16.8 Å². The molecule has 1 N–H and O–H groups in total. The molecule has 1 aromatic rings. The van der Waals surface area contributed by atoms with Crippen molar-refractivity contribution in [2.24, 2.45) is 0 Å². The summed E-state index contributed by atoms with van der Waals surface area (Å²) in [6.45, 7) is 8.85. The van der Waals surface area contributed by atoms with E-state index in [1.54, 1.807) is 6.92 Å². The van der Waals surface area contributed by atoms with Crippen LogP contribution in [0, 0.1) is 20.8 Å². The van der Waals surface area contributed by atoms with Crippen molar-refractivity contribution in [1.82, 2.24) is 0 Å². The topological polar surface area (TPSA) is 74.7 Å². The van der Waals surface area contributed by atoms with Gasteiger partial charge in [-0.05, 0) is 44.4 Å². The third-order valence-corrected chi connectivity index (χ3v) is 4.81.